The van der Waals surface area contributed by atoms with Crippen LogP contribution in [-0.4, -0.2) is 11.2 Å². The van der Waals surface area contributed by atoms with E-state index in [1.807, 2.05) is 0 Å². The fourth-order valence-electron chi connectivity index (χ4n) is 3.84. The maximum atomic E-state index is 9.37. The molecule has 1 nitrogen and oxygen atoms in total. The molecular formula is C7H8O. The van der Waals surface area contributed by atoms with E-state index >= 15 is 0 Å². The van der Waals surface area contributed by atoms with Gasteiger partial charge in [-0.1, -0.05) is 0 Å². The van der Waals surface area contributed by atoms with E-state index in [1.54, 1.807) is 0 Å². The van der Waals surface area contributed by atoms with Crippen LogP contribution in [0.2, 0.25) is 0 Å². The molecule has 42 valence electrons. The van der Waals surface area contributed by atoms with Crippen molar-refractivity contribution < 1.29 is 5.11 Å². The van der Waals surface area contributed by atoms with Gasteiger partial charge in [-0.3, -0.25) is 0 Å². The van der Waals surface area contributed by atoms with Crippen LogP contribution in [0.25, 0.3) is 0 Å². The first-order valence-electron chi connectivity index (χ1n) is 3.59. The third-order valence-corrected chi connectivity index (χ3v) is 4.06. The molecule has 0 radical (unpaired) electrons. The van der Waals surface area contributed by atoms with Gasteiger partial charge in [-0.05, 0) is 35.5 Å². The van der Waals surface area contributed by atoms with Gasteiger partial charge in [0.2, 0.25) is 0 Å². The minimum absolute atomic E-state index is 0.167. The Hall–Kier alpha value is -0.0400. The summed E-state index contributed by atoms with van der Waals surface area (Å²) in [7, 11) is 0. The molecule has 1 heteroatoms. The maximum absolute atomic E-state index is 9.37. The molecule has 8 heavy (non-hydrogen) atoms. The highest BCUT2D eigenvalue weighted by Crippen LogP contribution is 2.91. The first-order chi connectivity index (χ1) is 3.91. The topological polar surface area (TPSA) is 20.2 Å². The lowest BCUT2D eigenvalue weighted by molar-refractivity contribution is 0.150. The Bertz CT molecular complexity index is 145. The van der Waals surface area contributed by atoms with Gasteiger partial charge in [0.25, 0.3) is 0 Å². The van der Waals surface area contributed by atoms with E-state index in [-0.39, 0.29) is 6.10 Å². The third-order valence-electron chi connectivity index (χ3n) is 4.06. The molecule has 5 fully saturated rings. The lowest BCUT2D eigenvalue weighted by atomic mass is 10.0. The summed E-state index contributed by atoms with van der Waals surface area (Å²) in [5.41, 5.74) is 0. The van der Waals surface area contributed by atoms with Gasteiger partial charge in [0.15, 0.2) is 0 Å². The first kappa shape index (κ1) is 3.21. The molecular weight excluding hydrogens is 100 g/mol. The van der Waals surface area contributed by atoms with E-state index < -0.39 is 0 Å². The van der Waals surface area contributed by atoms with Gasteiger partial charge in [-0.25, -0.2) is 0 Å². The fourth-order valence-corrected chi connectivity index (χ4v) is 3.84. The standard InChI is InChI=1S/C7H8O/c8-7-5-1-2(5)4-3(1)6(4)7/h1-8H. The Kier molecular flexibility index (Phi) is 0.226. The van der Waals surface area contributed by atoms with Gasteiger partial charge >= 0.3 is 0 Å². The SMILES string of the molecule is OC1C2C3C2C2C1C32. The van der Waals surface area contributed by atoms with Crippen molar-refractivity contribution in [1.82, 2.24) is 0 Å². The molecule has 0 spiro atoms. The molecule has 0 heterocycles. The summed E-state index contributed by atoms with van der Waals surface area (Å²) >= 11 is 0. The largest absolute Gasteiger partial charge is 0.393 e. The lowest BCUT2D eigenvalue weighted by Crippen LogP contribution is -2.05. The van der Waals surface area contributed by atoms with Crippen LogP contribution in [0, 0.1) is 35.5 Å². The van der Waals surface area contributed by atoms with Crippen molar-refractivity contribution in [1.29, 1.82) is 0 Å². The number of aliphatic hydroxyl groups excluding tert-OH is 1. The van der Waals surface area contributed by atoms with Crippen LogP contribution >= 0.6 is 0 Å². The van der Waals surface area contributed by atoms with Crippen molar-refractivity contribution in [3.63, 3.8) is 0 Å². The van der Waals surface area contributed by atoms with E-state index in [9.17, 15) is 5.11 Å². The van der Waals surface area contributed by atoms with Crippen molar-refractivity contribution in [3.05, 3.63) is 0 Å². The zero-order valence-electron chi connectivity index (χ0n) is 4.49. The molecule has 5 rings (SSSR count). The normalized spacial score (nSPS) is 94.9. The Morgan fingerprint density at radius 1 is 0.625 bits per heavy atom. The van der Waals surface area contributed by atoms with Gasteiger partial charge in [-0.2, -0.15) is 0 Å². The highest BCUT2D eigenvalue weighted by atomic mass is 16.3. The van der Waals surface area contributed by atoms with Crippen LogP contribution in [-0.2, 0) is 0 Å². The lowest BCUT2D eigenvalue weighted by Gasteiger charge is -2.03. The summed E-state index contributed by atoms with van der Waals surface area (Å²) in [4.78, 5) is 0. The van der Waals surface area contributed by atoms with Gasteiger partial charge in [0, 0.05) is 0 Å². The van der Waals surface area contributed by atoms with Crippen LogP contribution in [0.5, 0.6) is 0 Å². The van der Waals surface area contributed by atoms with Crippen LogP contribution in [0.3, 0.4) is 0 Å². The zero-order valence-corrected chi connectivity index (χ0v) is 4.49. The van der Waals surface area contributed by atoms with Crippen molar-refractivity contribution in [2.75, 3.05) is 0 Å². The van der Waals surface area contributed by atoms with Crippen LogP contribution in [0.15, 0.2) is 0 Å². The van der Waals surface area contributed by atoms with Crippen molar-refractivity contribution in [2.45, 2.75) is 6.10 Å². The monoisotopic (exact) mass is 108 g/mol. The van der Waals surface area contributed by atoms with E-state index in [4.69, 9.17) is 0 Å². The third kappa shape index (κ3) is 0.113. The predicted molar refractivity (Wildman–Crippen MR) is 26.9 cm³/mol. The minimum atomic E-state index is 0.167. The summed E-state index contributed by atoms with van der Waals surface area (Å²) in [5, 5.41) is 9.37. The average molecular weight is 108 g/mol. The zero-order chi connectivity index (χ0) is 5.04. The Labute approximate surface area is 47.7 Å². The number of hydrogen-bond acceptors (Lipinski definition) is 1. The minimum Gasteiger partial charge on any atom is -0.393 e. The molecule has 0 aromatic carbocycles. The summed E-state index contributed by atoms with van der Waals surface area (Å²) in [6.45, 7) is 0. The highest BCUT2D eigenvalue weighted by molar-refractivity contribution is 5.38. The van der Waals surface area contributed by atoms with Crippen molar-refractivity contribution in [2.24, 2.45) is 35.5 Å². The molecule has 0 amide bonds. The molecule has 0 saturated heterocycles. The molecule has 0 aromatic rings. The number of rotatable bonds is 0. The fraction of sp³-hybridized carbons (Fsp3) is 1.00. The summed E-state index contributed by atoms with van der Waals surface area (Å²) in [6.07, 6.45) is 0.167. The highest BCUT2D eigenvalue weighted by Gasteiger charge is 2.91. The number of aliphatic hydroxyl groups is 1. The van der Waals surface area contributed by atoms with Gasteiger partial charge < -0.3 is 5.11 Å². The Balaban J connectivity index is 2.06. The van der Waals surface area contributed by atoms with Crippen molar-refractivity contribution in [3.8, 4) is 0 Å². The maximum Gasteiger partial charge on any atom is 0.0607 e. The van der Waals surface area contributed by atoms with Gasteiger partial charge in [-0.15, -0.1) is 0 Å². The van der Waals surface area contributed by atoms with E-state index in [2.05, 4.69) is 0 Å². The van der Waals surface area contributed by atoms with Crippen LogP contribution < -0.4 is 0 Å². The average Bonchev–Trinajstić information content (AvgIpc) is 2.34. The second-order valence-electron chi connectivity index (χ2n) is 3.95. The molecule has 5 aliphatic rings. The Morgan fingerprint density at radius 3 is 1.12 bits per heavy atom. The molecule has 0 aliphatic heterocycles. The Morgan fingerprint density at radius 2 is 1.00 bits per heavy atom. The number of hydrogen-bond donors (Lipinski definition) is 1. The predicted octanol–water partition coefficient (Wildman–Crippen LogP) is 0.0989. The molecule has 0 atom stereocenters. The molecule has 5 aliphatic carbocycles. The quantitative estimate of drug-likeness (QED) is 0.466. The molecule has 1 N–H and O–H groups in total. The van der Waals surface area contributed by atoms with E-state index in [1.165, 1.54) is 0 Å². The molecule has 0 unspecified atom stereocenters. The summed E-state index contributed by atoms with van der Waals surface area (Å²) in [6, 6.07) is 0. The summed E-state index contributed by atoms with van der Waals surface area (Å²) < 4.78 is 0. The van der Waals surface area contributed by atoms with Crippen LogP contribution in [0.4, 0.5) is 0 Å². The van der Waals surface area contributed by atoms with E-state index in [0.29, 0.717) is 0 Å². The summed E-state index contributed by atoms with van der Waals surface area (Å²) in [5.74, 6) is 5.80. The molecule has 2 bridgehead atoms. The first-order valence-corrected chi connectivity index (χ1v) is 3.59. The van der Waals surface area contributed by atoms with Gasteiger partial charge in [0.05, 0.1) is 6.10 Å². The second-order valence-corrected chi connectivity index (χ2v) is 3.95. The van der Waals surface area contributed by atoms with E-state index in [0.717, 1.165) is 35.5 Å². The van der Waals surface area contributed by atoms with Crippen molar-refractivity contribution >= 4 is 0 Å². The molecule has 0 aromatic heterocycles. The van der Waals surface area contributed by atoms with Gasteiger partial charge in [0.1, 0.15) is 0 Å². The smallest absolute Gasteiger partial charge is 0.0607 e. The second kappa shape index (κ2) is 0.563. The van der Waals surface area contributed by atoms with Crippen LogP contribution in [0.1, 0.15) is 0 Å². The molecule has 5 saturated carbocycles.